The normalized spacial score (nSPS) is 14.1. The predicted molar refractivity (Wildman–Crippen MR) is 138 cm³/mol. The number of carbonyl (C=O) groups is 1. The van der Waals surface area contributed by atoms with Crippen molar-refractivity contribution in [2.24, 2.45) is 0 Å². The van der Waals surface area contributed by atoms with Gasteiger partial charge in [0.1, 0.15) is 4.75 Å². The van der Waals surface area contributed by atoms with Crippen LogP contribution in [0.4, 0.5) is 11.6 Å². The second-order valence-corrected chi connectivity index (χ2v) is 11.8. The van der Waals surface area contributed by atoms with Gasteiger partial charge in [-0.25, -0.2) is 15.0 Å². The molecule has 7 nitrogen and oxygen atoms in total. The number of thioether (sulfide) groups is 1. The van der Waals surface area contributed by atoms with Crippen molar-refractivity contribution < 1.29 is 9.90 Å². The molecule has 0 unspecified atom stereocenters. The van der Waals surface area contributed by atoms with Crippen molar-refractivity contribution in [2.75, 3.05) is 36.0 Å². The van der Waals surface area contributed by atoms with Crippen LogP contribution in [0.3, 0.4) is 0 Å². The van der Waals surface area contributed by atoms with Gasteiger partial charge in [-0.15, -0.1) is 11.3 Å². The van der Waals surface area contributed by atoms with Crippen LogP contribution in [-0.2, 0) is 11.2 Å². The highest BCUT2D eigenvalue weighted by Crippen LogP contribution is 2.34. The molecule has 2 aromatic rings. The van der Waals surface area contributed by atoms with Crippen molar-refractivity contribution in [3.8, 4) is 0 Å². The fourth-order valence-corrected chi connectivity index (χ4v) is 6.02. The van der Waals surface area contributed by atoms with Gasteiger partial charge >= 0.3 is 5.97 Å². The first kappa shape index (κ1) is 25.7. The molecule has 0 aliphatic carbocycles. The fourth-order valence-electron chi connectivity index (χ4n) is 3.80. The lowest BCUT2D eigenvalue weighted by atomic mass is 10.1. The van der Waals surface area contributed by atoms with Gasteiger partial charge in [0, 0.05) is 38.0 Å². The van der Waals surface area contributed by atoms with Crippen molar-refractivity contribution in [1.29, 1.82) is 0 Å². The van der Waals surface area contributed by atoms with Crippen molar-refractivity contribution in [1.82, 2.24) is 15.0 Å². The molecular formula is C24H37N5O2S2. The molecule has 2 aromatic heterocycles. The largest absolute Gasteiger partial charge is 0.480 e. The average molecular weight is 492 g/mol. The minimum Gasteiger partial charge on any atom is -0.480 e. The molecule has 9 heteroatoms. The topological polar surface area (TPSA) is 82.5 Å². The molecule has 0 bridgehead atoms. The number of aliphatic carboxylic acids is 1. The summed E-state index contributed by atoms with van der Waals surface area (Å²) in [7, 11) is 0. The first-order valence-electron chi connectivity index (χ1n) is 12.1. The molecule has 0 radical (unpaired) electrons. The molecule has 1 aliphatic heterocycles. The van der Waals surface area contributed by atoms with Crippen LogP contribution >= 0.6 is 23.1 Å². The smallest absolute Gasteiger partial charge is 0.319 e. The lowest BCUT2D eigenvalue weighted by molar-refractivity contribution is -0.138. The van der Waals surface area contributed by atoms with E-state index in [1.807, 2.05) is 17.8 Å². The summed E-state index contributed by atoms with van der Waals surface area (Å²) in [6.07, 6.45) is 13.3. The number of unbranched alkanes of at least 4 members (excludes halogenated alkanes) is 4. The van der Waals surface area contributed by atoms with Crippen molar-refractivity contribution in [3.63, 3.8) is 0 Å². The van der Waals surface area contributed by atoms with Crippen molar-refractivity contribution in [3.05, 3.63) is 23.5 Å². The summed E-state index contributed by atoms with van der Waals surface area (Å²) in [4.78, 5) is 30.1. The first-order chi connectivity index (χ1) is 15.9. The third kappa shape index (κ3) is 7.84. The second kappa shape index (κ2) is 12.6. The van der Waals surface area contributed by atoms with E-state index in [0.717, 1.165) is 60.7 Å². The Morgan fingerprint density at radius 3 is 2.52 bits per heavy atom. The van der Waals surface area contributed by atoms with Crippen LogP contribution in [-0.4, -0.2) is 57.0 Å². The maximum absolute atomic E-state index is 11.4. The standard InChI is InChI=1S/C24H37N5O2S2/c1-4-5-6-7-8-14-29(22-25-16-20(17-26-22)28-12-9-10-13-28)15-11-19-18-32-23(27-19)33-24(2,3)21(30)31/h16-18H,4-15H2,1-3H3,(H,30,31). The lowest BCUT2D eigenvalue weighted by Gasteiger charge is -2.23. The van der Waals surface area contributed by atoms with E-state index >= 15 is 0 Å². The summed E-state index contributed by atoms with van der Waals surface area (Å²) >= 11 is 2.82. The zero-order chi connectivity index (χ0) is 23.7. The summed E-state index contributed by atoms with van der Waals surface area (Å²) in [5.41, 5.74) is 2.11. The third-order valence-corrected chi connectivity index (χ3v) is 8.11. The molecule has 1 aliphatic rings. The van der Waals surface area contributed by atoms with Crippen LogP contribution in [0, 0.1) is 0 Å². The Bertz CT molecular complexity index is 866. The molecule has 0 spiro atoms. The van der Waals surface area contributed by atoms with Gasteiger partial charge in [0.2, 0.25) is 5.95 Å². The third-order valence-electron chi connectivity index (χ3n) is 5.94. The zero-order valence-electron chi connectivity index (χ0n) is 20.1. The number of anilines is 2. The number of nitrogens with zero attached hydrogens (tertiary/aromatic N) is 5. The first-order valence-corrected chi connectivity index (χ1v) is 13.8. The molecule has 33 heavy (non-hydrogen) atoms. The quantitative estimate of drug-likeness (QED) is 0.274. The lowest BCUT2D eigenvalue weighted by Crippen LogP contribution is -2.29. The SMILES string of the molecule is CCCCCCCN(CCc1csc(SC(C)(C)C(=O)O)n1)c1ncc(N2CCCC2)cn1. The average Bonchev–Trinajstić information content (AvgIpc) is 3.48. The van der Waals surface area contributed by atoms with E-state index in [0.29, 0.717) is 0 Å². The predicted octanol–water partition coefficient (Wildman–Crippen LogP) is 5.51. The van der Waals surface area contributed by atoms with Crippen LogP contribution in [0.15, 0.2) is 22.1 Å². The van der Waals surface area contributed by atoms with Crippen LogP contribution in [0.2, 0.25) is 0 Å². The van der Waals surface area contributed by atoms with Crippen molar-refractivity contribution >= 4 is 40.7 Å². The molecule has 3 heterocycles. The van der Waals surface area contributed by atoms with Crippen LogP contribution < -0.4 is 9.80 Å². The second-order valence-electron chi connectivity index (χ2n) is 9.11. The van der Waals surface area contributed by atoms with E-state index in [2.05, 4.69) is 21.7 Å². The molecule has 0 atom stereocenters. The number of hydrogen-bond acceptors (Lipinski definition) is 8. The van der Waals surface area contributed by atoms with Gasteiger partial charge in [-0.1, -0.05) is 44.4 Å². The minimum atomic E-state index is -0.884. The van der Waals surface area contributed by atoms with Gasteiger partial charge in [0.05, 0.1) is 23.8 Å². The Hall–Kier alpha value is -1.87. The molecule has 1 saturated heterocycles. The van der Waals surface area contributed by atoms with E-state index in [4.69, 9.17) is 9.97 Å². The summed E-state index contributed by atoms with van der Waals surface area (Å²) in [5, 5.41) is 11.4. The summed E-state index contributed by atoms with van der Waals surface area (Å²) in [6.45, 7) is 9.58. The highest BCUT2D eigenvalue weighted by Gasteiger charge is 2.29. The number of carboxylic acid groups (broad SMARTS) is 1. The Labute approximate surface area is 206 Å². The molecule has 182 valence electrons. The molecule has 0 saturated carbocycles. The maximum atomic E-state index is 11.4. The highest BCUT2D eigenvalue weighted by molar-refractivity contribution is 8.02. The van der Waals surface area contributed by atoms with E-state index < -0.39 is 10.7 Å². The molecule has 3 rings (SSSR count). The fraction of sp³-hybridized carbons (Fsp3) is 0.667. The van der Waals surface area contributed by atoms with E-state index in [-0.39, 0.29) is 0 Å². The number of rotatable bonds is 14. The Morgan fingerprint density at radius 1 is 1.15 bits per heavy atom. The van der Waals surface area contributed by atoms with Gasteiger partial charge in [-0.2, -0.15) is 0 Å². The number of hydrogen-bond donors (Lipinski definition) is 1. The summed E-state index contributed by atoms with van der Waals surface area (Å²) in [6, 6.07) is 0. The molecule has 0 amide bonds. The van der Waals surface area contributed by atoms with Gasteiger partial charge in [0.15, 0.2) is 4.34 Å². The number of aromatic nitrogens is 3. The number of carboxylic acids is 1. The van der Waals surface area contributed by atoms with E-state index in [1.165, 1.54) is 61.6 Å². The highest BCUT2D eigenvalue weighted by atomic mass is 32.2. The monoisotopic (exact) mass is 491 g/mol. The van der Waals surface area contributed by atoms with Gasteiger partial charge in [0.25, 0.3) is 0 Å². The molecule has 0 aromatic carbocycles. The van der Waals surface area contributed by atoms with Gasteiger partial charge < -0.3 is 14.9 Å². The van der Waals surface area contributed by atoms with Crippen LogP contribution in [0.25, 0.3) is 0 Å². The van der Waals surface area contributed by atoms with E-state index in [1.54, 1.807) is 13.8 Å². The summed E-state index contributed by atoms with van der Waals surface area (Å²) < 4.78 is -0.0837. The Kier molecular flexibility index (Phi) is 9.79. The molecule has 1 fully saturated rings. The van der Waals surface area contributed by atoms with E-state index in [9.17, 15) is 9.90 Å². The zero-order valence-corrected chi connectivity index (χ0v) is 21.8. The maximum Gasteiger partial charge on any atom is 0.319 e. The van der Waals surface area contributed by atoms with Gasteiger partial charge in [-0.05, 0) is 33.1 Å². The van der Waals surface area contributed by atoms with Gasteiger partial charge in [-0.3, -0.25) is 4.79 Å². The van der Waals surface area contributed by atoms with Crippen molar-refractivity contribution in [2.45, 2.75) is 81.2 Å². The van der Waals surface area contributed by atoms with Crippen LogP contribution in [0.5, 0.6) is 0 Å². The molecule has 1 N–H and O–H groups in total. The summed E-state index contributed by atoms with van der Waals surface area (Å²) in [5.74, 6) is -0.0432. The Morgan fingerprint density at radius 2 is 1.85 bits per heavy atom. The molecular weight excluding hydrogens is 454 g/mol. The Balaban J connectivity index is 1.61. The minimum absolute atomic E-state index is 0.783. The number of thiazole rings is 1. The van der Waals surface area contributed by atoms with Crippen LogP contribution in [0.1, 0.15) is 71.4 Å².